The lowest BCUT2D eigenvalue weighted by Crippen LogP contribution is -2.39. The third kappa shape index (κ3) is 3.60. The molecule has 1 N–H and O–H groups in total. The van der Waals surface area contributed by atoms with Crippen molar-refractivity contribution in [2.75, 3.05) is 6.54 Å². The van der Waals surface area contributed by atoms with Crippen molar-refractivity contribution >= 4 is 27.0 Å². The van der Waals surface area contributed by atoms with Crippen molar-refractivity contribution in [3.8, 4) is 0 Å². The van der Waals surface area contributed by atoms with Gasteiger partial charge in [0.2, 0.25) is 10.0 Å². The Morgan fingerprint density at radius 3 is 2.42 bits per heavy atom. The van der Waals surface area contributed by atoms with E-state index in [2.05, 4.69) is 11.1 Å². The number of sulfonamides is 1. The molecule has 0 saturated carbocycles. The van der Waals surface area contributed by atoms with Gasteiger partial charge in [-0.2, -0.15) is 4.31 Å². The molecule has 0 spiro atoms. The molecule has 0 radical (unpaired) electrons. The summed E-state index contributed by atoms with van der Waals surface area (Å²) >= 11 is 0. The minimum Gasteiger partial charge on any atom is -0.358 e. The van der Waals surface area contributed by atoms with E-state index in [9.17, 15) is 8.42 Å². The second-order valence-corrected chi connectivity index (χ2v) is 9.85. The van der Waals surface area contributed by atoms with E-state index in [0.717, 1.165) is 33.3 Å². The number of aromatic nitrogens is 1. The summed E-state index contributed by atoms with van der Waals surface area (Å²) < 4.78 is 29.0. The molecular formula is C26H24N2O2S. The van der Waals surface area contributed by atoms with Crippen molar-refractivity contribution in [3.05, 3.63) is 107 Å². The minimum atomic E-state index is -3.65. The number of rotatable bonds is 4. The highest BCUT2D eigenvalue weighted by atomic mass is 32.2. The summed E-state index contributed by atoms with van der Waals surface area (Å²) in [6, 6.07) is 24.8. The van der Waals surface area contributed by atoms with Crippen molar-refractivity contribution in [2.24, 2.45) is 0 Å². The van der Waals surface area contributed by atoms with Crippen LogP contribution in [0.25, 0.3) is 17.0 Å². The van der Waals surface area contributed by atoms with Gasteiger partial charge in [0.05, 0.1) is 10.9 Å². The molecule has 1 aromatic heterocycles. The van der Waals surface area contributed by atoms with Gasteiger partial charge in [-0.25, -0.2) is 8.42 Å². The lowest BCUT2D eigenvalue weighted by molar-refractivity contribution is 0.352. The van der Waals surface area contributed by atoms with E-state index in [0.29, 0.717) is 17.9 Å². The average molecular weight is 429 g/mol. The maximum absolute atomic E-state index is 13.7. The first-order valence-corrected chi connectivity index (χ1v) is 11.9. The van der Waals surface area contributed by atoms with Gasteiger partial charge in [0.1, 0.15) is 0 Å². The lowest BCUT2D eigenvalue weighted by Gasteiger charge is -2.33. The first-order chi connectivity index (χ1) is 15.0. The zero-order valence-corrected chi connectivity index (χ0v) is 18.1. The highest BCUT2D eigenvalue weighted by molar-refractivity contribution is 7.89. The molecule has 2 heterocycles. The Labute approximate surface area is 182 Å². The molecule has 0 amide bonds. The largest absolute Gasteiger partial charge is 0.358 e. The smallest absolute Gasteiger partial charge is 0.243 e. The van der Waals surface area contributed by atoms with Crippen molar-refractivity contribution in [3.63, 3.8) is 0 Å². The van der Waals surface area contributed by atoms with Crippen molar-refractivity contribution in [1.29, 1.82) is 0 Å². The van der Waals surface area contributed by atoms with Gasteiger partial charge in [-0.15, -0.1) is 0 Å². The Hall–Kier alpha value is -3.15. The summed E-state index contributed by atoms with van der Waals surface area (Å²) in [4.78, 5) is 3.84. The maximum Gasteiger partial charge on any atom is 0.243 e. The quantitative estimate of drug-likeness (QED) is 0.468. The van der Waals surface area contributed by atoms with Crippen LogP contribution in [0.1, 0.15) is 28.4 Å². The van der Waals surface area contributed by atoms with E-state index in [4.69, 9.17) is 0 Å². The van der Waals surface area contributed by atoms with Gasteiger partial charge in [0.15, 0.2) is 0 Å². The summed E-state index contributed by atoms with van der Waals surface area (Å²) in [5, 5.41) is 1.07. The normalized spacial score (nSPS) is 17.3. The summed E-state index contributed by atoms with van der Waals surface area (Å²) in [6.07, 6.45) is 4.68. The Morgan fingerprint density at radius 2 is 1.65 bits per heavy atom. The summed E-state index contributed by atoms with van der Waals surface area (Å²) in [6.45, 7) is 2.39. The molecule has 0 saturated heterocycles. The van der Waals surface area contributed by atoms with Gasteiger partial charge >= 0.3 is 0 Å². The Morgan fingerprint density at radius 1 is 0.935 bits per heavy atom. The summed E-state index contributed by atoms with van der Waals surface area (Å²) in [5.41, 5.74) is 5.28. The summed E-state index contributed by atoms with van der Waals surface area (Å²) in [5.74, 6) is 0. The first-order valence-electron chi connectivity index (χ1n) is 10.5. The van der Waals surface area contributed by atoms with E-state index in [1.54, 1.807) is 16.4 Å². The number of hydrogen-bond donors (Lipinski definition) is 1. The predicted molar refractivity (Wildman–Crippen MR) is 125 cm³/mol. The Bertz CT molecular complexity index is 1350. The number of H-pyrrole nitrogens is 1. The third-order valence-corrected chi connectivity index (χ3v) is 7.81. The third-order valence-electron chi connectivity index (χ3n) is 5.91. The van der Waals surface area contributed by atoms with Crippen LogP contribution in [0.15, 0.2) is 89.8 Å². The number of nitrogens with one attached hydrogen (secondary N) is 1. The molecule has 3 aromatic carbocycles. The highest BCUT2D eigenvalue weighted by Gasteiger charge is 2.37. The maximum atomic E-state index is 13.7. The van der Waals surface area contributed by atoms with Gasteiger partial charge in [-0.3, -0.25) is 0 Å². The number of benzene rings is 3. The number of fused-ring (bicyclic) bond motifs is 3. The van der Waals surface area contributed by atoms with Crippen LogP contribution in [0.4, 0.5) is 0 Å². The lowest BCUT2D eigenvalue weighted by atomic mass is 9.97. The van der Waals surface area contributed by atoms with Gasteiger partial charge in [-0.1, -0.05) is 78.4 Å². The van der Waals surface area contributed by atoms with Crippen LogP contribution in [0.5, 0.6) is 0 Å². The monoisotopic (exact) mass is 428 g/mol. The molecule has 1 unspecified atom stereocenters. The van der Waals surface area contributed by atoms with Gasteiger partial charge < -0.3 is 4.98 Å². The Balaban J connectivity index is 1.65. The summed E-state index contributed by atoms with van der Waals surface area (Å²) in [7, 11) is -3.65. The first kappa shape index (κ1) is 19.8. The fraction of sp³-hybridized carbons (Fsp3) is 0.154. The van der Waals surface area contributed by atoms with E-state index in [-0.39, 0.29) is 6.04 Å². The molecular weight excluding hydrogens is 404 g/mol. The molecule has 1 aliphatic heterocycles. The molecule has 1 atom stereocenters. The predicted octanol–water partition coefficient (Wildman–Crippen LogP) is 5.48. The van der Waals surface area contributed by atoms with Gasteiger partial charge in [0, 0.05) is 35.1 Å². The average Bonchev–Trinajstić information content (AvgIpc) is 3.17. The van der Waals surface area contributed by atoms with Crippen LogP contribution in [0.2, 0.25) is 0 Å². The van der Waals surface area contributed by atoms with E-state index >= 15 is 0 Å². The number of hydrogen-bond acceptors (Lipinski definition) is 2. The molecule has 31 heavy (non-hydrogen) atoms. The number of nitrogens with zero attached hydrogens (tertiary/aromatic N) is 1. The second-order valence-electron chi connectivity index (χ2n) is 7.96. The zero-order valence-electron chi connectivity index (χ0n) is 17.3. The molecule has 4 aromatic rings. The van der Waals surface area contributed by atoms with Crippen LogP contribution in [0.3, 0.4) is 0 Å². The molecule has 1 aliphatic rings. The molecule has 0 bridgehead atoms. The van der Waals surface area contributed by atoms with Crippen LogP contribution >= 0.6 is 0 Å². The minimum absolute atomic E-state index is 0.333. The standard InChI is InChI=1S/C26H24N2O2S/c1-19-11-14-21(15-12-19)31(29,30)28-18-17-24-26(22-9-5-6-10-23(22)27-24)25(28)16-13-20-7-3-2-4-8-20/h2-16,25,27H,17-18H2,1H3/b16-13+. The molecule has 5 rings (SSSR count). The van der Waals surface area contributed by atoms with Gasteiger partial charge in [0.25, 0.3) is 0 Å². The fourth-order valence-corrected chi connectivity index (χ4v) is 5.89. The van der Waals surface area contributed by atoms with Crippen molar-refractivity contribution in [2.45, 2.75) is 24.3 Å². The molecule has 4 nitrogen and oxygen atoms in total. The molecule has 0 aliphatic carbocycles. The van der Waals surface area contributed by atoms with Crippen LogP contribution in [0, 0.1) is 6.92 Å². The van der Waals surface area contributed by atoms with Crippen molar-refractivity contribution in [1.82, 2.24) is 9.29 Å². The number of para-hydroxylation sites is 1. The van der Waals surface area contributed by atoms with E-state index < -0.39 is 10.0 Å². The van der Waals surface area contributed by atoms with Crippen LogP contribution in [-0.2, 0) is 16.4 Å². The number of aryl methyl sites for hydroxylation is 1. The SMILES string of the molecule is Cc1ccc(S(=O)(=O)N2CCc3[nH]c4ccccc4c3C2/C=C/c2ccccc2)cc1. The second kappa shape index (κ2) is 7.84. The van der Waals surface area contributed by atoms with Crippen molar-refractivity contribution < 1.29 is 8.42 Å². The van der Waals surface area contributed by atoms with Crippen LogP contribution < -0.4 is 0 Å². The Kier molecular flexibility index (Phi) is 5.00. The molecule has 5 heteroatoms. The fourth-order valence-electron chi connectivity index (χ4n) is 4.33. The van der Waals surface area contributed by atoms with E-state index in [1.807, 2.05) is 79.7 Å². The zero-order chi connectivity index (χ0) is 21.4. The van der Waals surface area contributed by atoms with Gasteiger partial charge in [-0.05, 0) is 30.7 Å². The topological polar surface area (TPSA) is 53.2 Å². The number of aromatic amines is 1. The molecule has 156 valence electrons. The highest BCUT2D eigenvalue weighted by Crippen LogP contribution is 2.39. The van der Waals surface area contributed by atoms with Crippen LogP contribution in [-0.4, -0.2) is 24.3 Å². The molecule has 0 fully saturated rings. The van der Waals surface area contributed by atoms with E-state index in [1.165, 1.54) is 0 Å².